The minimum atomic E-state index is -5.19. The normalized spacial score (nSPS) is 14.9. The summed E-state index contributed by atoms with van der Waals surface area (Å²) >= 11 is 0.804. The molecule has 10 heteroatoms. The van der Waals surface area contributed by atoms with E-state index in [1.165, 1.54) is 6.07 Å². The van der Waals surface area contributed by atoms with Crippen molar-refractivity contribution in [3.8, 4) is 5.75 Å². The van der Waals surface area contributed by atoms with Gasteiger partial charge in [0.2, 0.25) is 0 Å². The van der Waals surface area contributed by atoms with Crippen LogP contribution in [-0.2, 0) is 0 Å². The number of halogens is 5. The molecule has 172 valence electrons. The Hall–Kier alpha value is -2.59. The quantitative estimate of drug-likeness (QED) is 0.384. The number of aromatic hydroxyl groups is 1. The Morgan fingerprint density at radius 2 is 1.84 bits per heavy atom. The summed E-state index contributed by atoms with van der Waals surface area (Å²) in [5.74, 6) is -4.38. The van der Waals surface area contributed by atoms with Gasteiger partial charge >= 0.3 is 6.18 Å². The standard InChI is InChI=1S/C22H21F5N2O2S/c1-3-32-11-21(31,22(25,26)27)20(15-9-13(23)10-16(24)19(15)30)29-18-6-4-5-17-14(18)8-7-12(2)28-17/h4-10,20,29-31H,3,11H2,1-2H3/t20-,21-/m1/s1. The predicted molar refractivity (Wildman–Crippen MR) is 115 cm³/mol. The highest BCUT2D eigenvalue weighted by Gasteiger charge is 2.59. The lowest BCUT2D eigenvalue weighted by Gasteiger charge is -2.39. The van der Waals surface area contributed by atoms with Gasteiger partial charge in [0.1, 0.15) is 5.82 Å². The fourth-order valence-electron chi connectivity index (χ4n) is 3.39. The van der Waals surface area contributed by atoms with Crippen LogP contribution in [0.3, 0.4) is 0 Å². The van der Waals surface area contributed by atoms with Crippen LogP contribution in [0.4, 0.5) is 27.6 Å². The minimum Gasteiger partial charge on any atom is -0.505 e. The largest absolute Gasteiger partial charge is 0.505 e. The molecule has 0 amide bonds. The summed E-state index contributed by atoms with van der Waals surface area (Å²) in [5.41, 5.74) is -2.92. The number of benzene rings is 2. The lowest BCUT2D eigenvalue weighted by atomic mass is 9.88. The Balaban J connectivity index is 2.24. The van der Waals surface area contributed by atoms with Gasteiger partial charge in [0, 0.05) is 34.2 Å². The molecular formula is C22H21F5N2O2S. The minimum absolute atomic E-state index is 0.147. The molecule has 32 heavy (non-hydrogen) atoms. The van der Waals surface area contributed by atoms with Crippen LogP contribution in [0.2, 0.25) is 0 Å². The predicted octanol–water partition coefficient (Wildman–Crippen LogP) is 5.73. The first kappa shape index (κ1) is 24.1. The van der Waals surface area contributed by atoms with Gasteiger partial charge in [-0.05, 0) is 43.0 Å². The van der Waals surface area contributed by atoms with Crippen molar-refractivity contribution in [2.75, 3.05) is 16.8 Å². The Morgan fingerprint density at radius 1 is 1.12 bits per heavy atom. The van der Waals surface area contributed by atoms with E-state index in [9.17, 15) is 32.2 Å². The second-order valence-electron chi connectivity index (χ2n) is 7.29. The van der Waals surface area contributed by atoms with Crippen molar-refractivity contribution in [3.63, 3.8) is 0 Å². The van der Waals surface area contributed by atoms with E-state index in [4.69, 9.17) is 0 Å². The number of phenols is 1. The molecule has 3 N–H and O–H groups in total. The number of hydrogen-bond acceptors (Lipinski definition) is 5. The highest BCUT2D eigenvalue weighted by Crippen LogP contribution is 2.47. The van der Waals surface area contributed by atoms with Crippen molar-refractivity contribution in [3.05, 3.63) is 65.4 Å². The van der Waals surface area contributed by atoms with E-state index in [1.54, 1.807) is 38.1 Å². The van der Waals surface area contributed by atoms with Crippen LogP contribution in [-0.4, -0.2) is 38.5 Å². The smallest absolute Gasteiger partial charge is 0.420 e. The first-order valence-corrected chi connectivity index (χ1v) is 10.8. The van der Waals surface area contributed by atoms with Crippen LogP contribution in [0.5, 0.6) is 5.75 Å². The third kappa shape index (κ3) is 4.61. The van der Waals surface area contributed by atoms with Crippen molar-refractivity contribution in [1.29, 1.82) is 0 Å². The summed E-state index contributed by atoms with van der Waals surface area (Å²) < 4.78 is 70.6. The highest BCUT2D eigenvalue weighted by atomic mass is 32.2. The van der Waals surface area contributed by atoms with Gasteiger partial charge in [-0.2, -0.15) is 24.9 Å². The third-order valence-electron chi connectivity index (χ3n) is 5.03. The molecule has 0 saturated carbocycles. The van der Waals surface area contributed by atoms with Gasteiger partial charge in [-0.3, -0.25) is 4.98 Å². The summed E-state index contributed by atoms with van der Waals surface area (Å²) in [7, 11) is 0. The monoisotopic (exact) mass is 472 g/mol. The number of aliphatic hydroxyl groups is 1. The van der Waals surface area contributed by atoms with Crippen molar-refractivity contribution >= 4 is 28.4 Å². The van der Waals surface area contributed by atoms with Crippen molar-refractivity contribution < 1.29 is 32.2 Å². The molecule has 0 fully saturated rings. The van der Waals surface area contributed by atoms with Crippen LogP contribution in [0, 0.1) is 18.6 Å². The van der Waals surface area contributed by atoms with E-state index < -0.39 is 46.5 Å². The van der Waals surface area contributed by atoms with Gasteiger partial charge in [-0.1, -0.05) is 13.0 Å². The van der Waals surface area contributed by atoms with Gasteiger partial charge < -0.3 is 15.5 Å². The molecule has 1 aromatic heterocycles. The van der Waals surface area contributed by atoms with Gasteiger partial charge in [0.25, 0.3) is 0 Å². The second kappa shape index (κ2) is 9.11. The highest BCUT2D eigenvalue weighted by molar-refractivity contribution is 7.99. The molecular weight excluding hydrogens is 451 g/mol. The number of fused-ring (bicyclic) bond motifs is 1. The summed E-state index contributed by atoms with van der Waals surface area (Å²) in [4.78, 5) is 4.32. The average Bonchev–Trinajstić information content (AvgIpc) is 2.72. The maximum absolute atomic E-state index is 14.2. The summed E-state index contributed by atoms with van der Waals surface area (Å²) in [5, 5.41) is 24.1. The number of rotatable bonds is 7. The number of pyridine rings is 1. The molecule has 0 bridgehead atoms. The number of thioether (sulfide) groups is 1. The summed E-state index contributed by atoms with van der Waals surface area (Å²) in [6.07, 6.45) is -5.19. The van der Waals surface area contributed by atoms with Crippen LogP contribution in [0.15, 0.2) is 42.5 Å². The van der Waals surface area contributed by atoms with Gasteiger partial charge in [-0.15, -0.1) is 0 Å². The molecule has 3 rings (SSSR count). The topological polar surface area (TPSA) is 65.4 Å². The zero-order valence-corrected chi connectivity index (χ0v) is 18.0. The maximum Gasteiger partial charge on any atom is 0.420 e. The van der Waals surface area contributed by atoms with Crippen LogP contribution >= 0.6 is 11.8 Å². The lowest BCUT2D eigenvalue weighted by molar-refractivity contribution is -0.256. The van der Waals surface area contributed by atoms with Gasteiger partial charge in [0.05, 0.1) is 11.6 Å². The average molecular weight is 472 g/mol. The molecule has 0 unspecified atom stereocenters. The zero-order chi connectivity index (χ0) is 23.7. The zero-order valence-electron chi connectivity index (χ0n) is 17.2. The molecule has 1 heterocycles. The number of aromatic nitrogens is 1. The Bertz CT molecular complexity index is 1130. The number of nitrogens with one attached hydrogen (secondary N) is 1. The summed E-state index contributed by atoms with van der Waals surface area (Å²) in [6.45, 7) is 3.36. The Labute approximate surface area is 185 Å². The molecule has 2 atom stereocenters. The summed E-state index contributed by atoms with van der Waals surface area (Å²) in [6, 6.07) is 6.77. The lowest BCUT2D eigenvalue weighted by Crippen LogP contribution is -2.54. The number of alkyl halides is 3. The molecule has 0 aliphatic heterocycles. The van der Waals surface area contributed by atoms with Crippen LogP contribution in [0.25, 0.3) is 10.9 Å². The first-order valence-electron chi connectivity index (χ1n) is 9.65. The molecule has 0 aliphatic rings. The number of aryl methyl sites for hydroxylation is 1. The van der Waals surface area contributed by atoms with E-state index in [1.807, 2.05) is 0 Å². The van der Waals surface area contributed by atoms with E-state index in [-0.39, 0.29) is 11.4 Å². The molecule has 0 radical (unpaired) electrons. The molecule has 0 aliphatic carbocycles. The number of anilines is 1. The van der Waals surface area contributed by atoms with Crippen molar-refractivity contribution in [2.45, 2.75) is 31.7 Å². The molecule has 0 saturated heterocycles. The number of hydrogen-bond donors (Lipinski definition) is 3. The Kier molecular flexibility index (Phi) is 6.85. The fourth-order valence-corrected chi connectivity index (χ4v) is 4.23. The Morgan fingerprint density at radius 3 is 2.50 bits per heavy atom. The fraction of sp³-hybridized carbons (Fsp3) is 0.318. The number of nitrogens with zero attached hydrogens (tertiary/aromatic N) is 1. The molecule has 4 nitrogen and oxygen atoms in total. The van der Waals surface area contributed by atoms with Gasteiger partial charge in [0.15, 0.2) is 17.2 Å². The van der Waals surface area contributed by atoms with Crippen molar-refractivity contribution in [1.82, 2.24) is 4.98 Å². The molecule has 2 aromatic carbocycles. The van der Waals surface area contributed by atoms with Crippen LogP contribution < -0.4 is 5.32 Å². The van der Waals surface area contributed by atoms with Crippen molar-refractivity contribution in [2.24, 2.45) is 0 Å². The third-order valence-corrected chi connectivity index (χ3v) is 6.09. The van der Waals surface area contributed by atoms with Crippen LogP contribution in [0.1, 0.15) is 24.2 Å². The van der Waals surface area contributed by atoms with E-state index in [2.05, 4.69) is 10.3 Å². The van der Waals surface area contributed by atoms with Gasteiger partial charge in [-0.25, -0.2) is 8.78 Å². The number of phenolic OH excluding ortho intramolecular Hbond substituents is 1. The maximum atomic E-state index is 14.2. The SMILES string of the molecule is CCSC[C@@](O)([C@H](Nc1cccc2nc(C)ccc12)c1cc(F)cc(F)c1O)C(F)(F)F. The molecule has 3 aromatic rings. The van der Waals surface area contributed by atoms with E-state index in [0.29, 0.717) is 28.7 Å². The molecule has 0 spiro atoms. The van der Waals surface area contributed by atoms with E-state index >= 15 is 0 Å². The van der Waals surface area contributed by atoms with E-state index in [0.717, 1.165) is 11.8 Å². The first-order chi connectivity index (χ1) is 15.0. The second-order valence-corrected chi connectivity index (χ2v) is 8.56.